The quantitative estimate of drug-likeness (QED) is 0.699. The molecule has 78 valence electrons. The van der Waals surface area contributed by atoms with Crippen molar-refractivity contribution in [3.8, 4) is 5.75 Å². The monoisotopic (exact) mass is 197 g/mol. The first kappa shape index (κ1) is 11.0. The molecule has 4 heteroatoms. The smallest absolute Gasteiger partial charge is 0.119 e. The minimum atomic E-state index is 0.397. The summed E-state index contributed by atoms with van der Waals surface area (Å²) in [6, 6.07) is 5.72. The highest BCUT2D eigenvalue weighted by Crippen LogP contribution is 2.17. The van der Waals surface area contributed by atoms with Crippen LogP contribution in [0.3, 0.4) is 0 Å². The van der Waals surface area contributed by atoms with Gasteiger partial charge in [0.1, 0.15) is 5.75 Å². The summed E-state index contributed by atoms with van der Waals surface area (Å²) in [4.78, 5) is 0. The molecule has 0 amide bonds. The van der Waals surface area contributed by atoms with Gasteiger partial charge in [-0.2, -0.15) is 0 Å². The van der Waals surface area contributed by atoms with Crippen molar-refractivity contribution < 1.29 is 14.7 Å². The van der Waals surface area contributed by atoms with Gasteiger partial charge in [0, 0.05) is 13.7 Å². The minimum absolute atomic E-state index is 0.397. The van der Waals surface area contributed by atoms with Crippen molar-refractivity contribution in [2.45, 2.75) is 13.2 Å². The van der Waals surface area contributed by atoms with E-state index in [1.54, 1.807) is 14.2 Å². The van der Waals surface area contributed by atoms with E-state index in [9.17, 15) is 0 Å². The first-order valence-corrected chi connectivity index (χ1v) is 4.33. The van der Waals surface area contributed by atoms with E-state index in [0.717, 1.165) is 16.9 Å². The van der Waals surface area contributed by atoms with E-state index in [2.05, 4.69) is 5.48 Å². The van der Waals surface area contributed by atoms with E-state index in [-0.39, 0.29) is 0 Å². The van der Waals surface area contributed by atoms with E-state index in [1.807, 2.05) is 18.2 Å². The molecule has 14 heavy (non-hydrogen) atoms. The highest BCUT2D eigenvalue weighted by Gasteiger charge is 2.00. The van der Waals surface area contributed by atoms with Crippen LogP contribution >= 0.6 is 0 Å². The predicted molar refractivity (Wildman–Crippen MR) is 52.3 cm³/mol. The number of hydrogen-bond acceptors (Lipinski definition) is 4. The molecule has 0 saturated heterocycles. The molecule has 0 spiro atoms. The zero-order valence-corrected chi connectivity index (χ0v) is 8.41. The van der Waals surface area contributed by atoms with Gasteiger partial charge >= 0.3 is 0 Å². The summed E-state index contributed by atoms with van der Waals surface area (Å²) in [5.41, 5.74) is 4.09. The van der Waals surface area contributed by atoms with Gasteiger partial charge in [-0.15, -0.1) is 0 Å². The molecule has 1 rings (SSSR count). The second-order valence-corrected chi connectivity index (χ2v) is 2.96. The molecule has 0 fully saturated rings. The number of nitrogens with one attached hydrogen (secondary N) is 1. The number of rotatable bonds is 5. The molecule has 1 aromatic carbocycles. The third-order valence-electron chi connectivity index (χ3n) is 1.86. The topological polar surface area (TPSA) is 50.7 Å². The van der Waals surface area contributed by atoms with Crippen molar-refractivity contribution in [1.82, 2.24) is 5.48 Å². The molecule has 0 aliphatic carbocycles. The summed E-state index contributed by atoms with van der Waals surface area (Å²) in [5.74, 6) is 0.768. The molecular weight excluding hydrogens is 182 g/mol. The van der Waals surface area contributed by atoms with E-state index in [4.69, 9.17) is 14.7 Å². The largest absolute Gasteiger partial charge is 0.497 e. The Kier molecular flexibility index (Phi) is 4.39. The number of hydrogen-bond donors (Lipinski definition) is 2. The predicted octanol–water partition coefficient (Wildman–Crippen LogP) is 1.32. The van der Waals surface area contributed by atoms with Crippen molar-refractivity contribution in [2.24, 2.45) is 0 Å². The second kappa shape index (κ2) is 5.59. The average Bonchev–Trinajstić information content (AvgIpc) is 2.18. The lowest BCUT2D eigenvalue weighted by molar-refractivity contribution is 0.161. The van der Waals surface area contributed by atoms with Crippen LogP contribution in [0.1, 0.15) is 11.1 Å². The van der Waals surface area contributed by atoms with Gasteiger partial charge in [-0.3, -0.25) is 0 Å². The molecule has 4 nitrogen and oxygen atoms in total. The van der Waals surface area contributed by atoms with Crippen molar-refractivity contribution in [2.75, 3.05) is 14.2 Å². The van der Waals surface area contributed by atoms with Gasteiger partial charge in [0.25, 0.3) is 0 Å². The maximum Gasteiger partial charge on any atom is 0.119 e. The lowest BCUT2D eigenvalue weighted by Gasteiger charge is -2.07. The molecule has 0 atom stereocenters. The Bertz CT molecular complexity index is 264. The number of hydroxylamine groups is 1. The highest BCUT2D eigenvalue weighted by atomic mass is 16.5. The van der Waals surface area contributed by atoms with E-state index < -0.39 is 0 Å². The van der Waals surface area contributed by atoms with Crippen LogP contribution < -0.4 is 10.2 Å². The van der Waals surface area contributed by atoms with E-state index in [0.29, 0.717) is 13.2 Å². The maximum absolute atomic E-state index is 8.58. The van der Waals surface area contributed by atoms with Gasteiger partial charge < -0.3 is 14.7 Å². The fourth-order valence-electron chi connectivity index (χ4n) is 1.29. The summed E-state index contributed by atoms with van der Waals surface area (Å²) >= 11 is 0. The van der Waals surface area contributed by atoms with Crippen LogP contribution in [0.2, 0.25) is 0 Å². The molecule has 0 heterocycles. The Labute approximate surface area is 83.4 Å². The van der Waals surface area contributed by atoms with E-state index in [1.165, 1.54) is 0 Å². The van der Waals surface area contributed by atoms with Crippen LogP contribution in [0.15, 0.2) is 18.2 Å². The molecule has 0 saturated carbocycles. The first-order valence-electron chi connectivity index (χ1n) is 4.33. The zero-order valence-electron chi connectivity index (χ0n) is 8.41. The van der Waals surface area contributed by atoms with Gasteiger partial charge in [-0.25, -0.2) is 5.48 Å². The average molecular weight is 197 g/mol. The zero-order chi connectivity index (χ0) is 10.4. The number of ether oxygens (including phenoxy) is 2. The molecule has 2 N–H and O–H groups in total. The van der Waals surface area contributed by atoms with Crippen LogP contribution in [0, 0.1) is 0 Å². The Hall–Kier alpha value is -1.10. The van der Waals surface area contributed by atoms with Crippen LogP contribution in [0.25, 0.3) is 0 Å². The van der Waals surface area contributed by atoms with Gasteiger partial charge in [0.05, 0.1) is 13.7 Å². The summed E-state index contributed by atoms with van der Waals surface area (Å²) < 4.78 is 10.1. The molecule has 0 radical (unpaired) electrons. The summed E-state index contributed by atoms with van der Waals surface area (Å²) in [7, 11) is 3.26. The van der Waals surface area contributed by atoms with Crippen molar-refractivity contribution in [3.05, 3.63) is 29.3 Å². The van der Waals surface area contributed by atoms with Crippen LogP contribution in [0.5, 0.6) is 5.75 Å². The molecule has 0 bridgehead atoms. The Morgan fingerprint density at radius 1 is 1.21 bits per heavy atom. The number of methoxy groups -OCH3 is 2. The highest BCUT2D eigenvalue weighted by molar-refractivity contribution is 5.34. The first-order chi connectivity index (χ1) is 6.80. The van der Waals surface area contributed by atoms with Crippen molar-refractivity contribution in [3.63, 3.8) is 0 Å². The second-order valence-electron chi connectivity index (χ2n) is 2.96. The van der Waals surface area contributed by atoms with Crippen LogP contribution in [-0.4, -0.2) is 19.4 Å². The van der Waals surface area contributed by atoms with Crippen molar-refractivity contribution >= 4 is 0 Å². The normalized spacial score (nSPS) is 10.2. The third-order valence-corrected chi connectivity index (χ3v) is 1.86. The molecular formula is C10H15NO3. The van der Waals surface area contributed by atoms with E-state index >= 15 is 0 Å². The molecule has 1 aromatic rings. The molecule has 0 aromatic heterocycles. The van der Waals surface area contributed by atoms with Gasteiger partial charge in [-0.05, 0) is 23.3 Å². The number of benzene rings is 1. The standard InChI is InChI=1S/C10H15NO3/c1-13-7-9-3-8(6-11-12)4-10(5-9)14-2/h3-5,11-12H,6-7H2,1-2H3. The molecule has 0 aliphatic heterocycles. The summed E-state index contributed by atoms with van der Waals surface area (Å²) in [5, 5.41) is 8.58. The fraction of sp³-hybridized carbons (Fsp3) is 0.400. The Balaban J connectivity index is 2.88. The summed E-state index contributed by atoms with van der Waals surface area (Å²) in [6.45, 7) is 0.934. The molecule has 0 unspecified atom stereocenters. The Morgan fingerprint density at radius 3 is 2.50 bits per heavy atom. The molecule has 0 aliphatic rings. The van der Waals surface area contributed by atoms with Gasteiger partial charge in [0.15, 0.2) is 0 Å². The van der Waals surface area contributed by atoms with Crippen LogP contribution in [0.4, 0.5) is 0 Å². The lowest BCUT2D eigenvalue weighted by Crippen LogP contribution is -2.06. The van der Waals surface area contributed by atoms with Crippen molar-refractivity contribution in [1.29, 1.82) is 0 Å². The third kappa shape index (κ3) is 2.99. The van der Waals surface area contributed by atoms with Gasteiger partial charge in [0.2, 0.25) is 0 Å². The SMILES string of the molecule is COCc1cc(CNO)cc(OC)c1. The fourth-order valence-corrected chi connectivity index (χ4v) is 1.29. The van der Waals surface area contributed by atoms with Crippen LogP contribution in [-0.2, 0) is 17.9 Å². The Morgan fingerprint density at radius 2 is 1.93 bits per heavy atom. The van der Waals surface area contributed by atoms with Gasteiger partial charge in [-0.1, -0.05) is 6.07 Å². The summed E-state index contributed by atoms with van der Waals surface area (Å²) in [6.07, 6.45) is 0. The maximum atomic E-state index is 8.58. The lowest BCUT2D eigenvalue weighted by atomic mass is 10.1. The minimum Gasteiger partial charge on any atom is -0.497 e.